The number of ether oxygens (including phenoxy) is 1. The van der Waals surface area contributed by atoms with Crippen molar-refractivity contribution in [1.29, 1.82) is 0 Å². The van der Waals surface area contributed by atoms with Gasteiger partial charge in [0.05, 0.1) is 12.8 Å². The summed E-state index contributed by atoms with van der Waals surface area (Å²) in [4.78, 5) is 4.03. The monoisotopic (exact) mass is 298 g/mol. The van der Waals surface area contributed by atoms with Crippen LogP contribution in [0.15, 0.2) is 42.7 Å². The molecule has 0 unspecified atom stereocenters. The van der Waals surface area contributed by atoms with Crippen LogP contribution in [0.2, 0.25) is 0 Å². The normalized spacial score (nSPS) is 10.6. The number of nitrogens with zero attached hydrogens (tertiary/aromatic N) is 3. The summed E-state index contributed by atoms with van der Waals surface area (Å²) >= 11 is 5.37. The Hall–Kier alpha value is -2.47. The van der Waals surface area contributed by atoms with Gasteiger partial charge in [0.25, 0.3) is 0 Å². The van der Waals surface area contributed by atoms with Gasteiger partial charge in [-0.05, 0) is 55.0 Å². The lowest BCUT2D eigenvalue weighted by Crippen LogP contribution is -2.00. The van der Waals surface area contributed by atoms with E-state index in [1.54, 1.807) is 19.5 Å². The van der Waals surface area contributed by atoms with Crippen LogP contribution in [-0.2, 0) is 0 Å². The fourth-order valence-corrected chi connectivity index (χ4v) is 2.45. The van der Waals surface area contributed by atoms with E-state index in [1.165, 1.54) is 0 Å². The zero-order valence-corrected chi connectivity index (χ0v) is 12.5. The zero-order valence-electron chi connectivity index (χ0n) is 11.7. The minimum atomic E-state index is 0.551. The second kappa shape index (κ2) is 5.49. The molecular weight excluding hydrogens is 284 g/mol. The number of nitrogens with one attached hydrogen (secondary N) is 1. The van der Waals surface area contributed by atoms with Gasteiger partial charge in [-0.25, -0.2) is 0 Å². The van der Waals surface area contributed by atoms with E-state index in [2.05, 4.69) is 15.2 Å². The van der Waals surface area contributed by atoms with E-state index in [-0.39, 0.29) is 0 Å². The molecule has 3 rings (SSSR count). The van der Waals surface area contributed by atoms with E-state index in [9.17, 15) is 0 Å². The van der Waals surface area contributed by atoms with Crippen molar-refractivity contribution in [3.63, 3.8) is 0 Å². The fraction of sp³-hybridized carbons (Fsp3) is 0.133. The van der Waals surface area contributed by atoms with Gasteiger partial charge in [0.15, 0.2) is 10.6 Å². The quantitative estimate of drug-likeness (QED) is 0.754. The SMILES string of the molecule is COc1ccc(-n2c(-c3ccncc3)n[nH]c2=S)c(C)c1. The van der Waals surface area contributed by atoms with Crippen LogP contribution in [0.25, 0.3) is 17.1 Å². The summed E-state index contributed by atoms with van der Waals surface area (Å²) in [5.74, 6) is 1.58. The van der Waals surface area contributed by atoms with E-state index >= 15 is 0 Å². The number of aromatic amines is 1. The number of rotatable bonds is 3. The molecule has 0 radical (unpaired) electrons. The highest BCUT2D eigenvalue weighted by Gasteiger charge is 2.12. The van der Waals surface area contributed by atoms with Crippen LogP contribution in [-0.4, -0.2) is 26.9 Å². The molecule has 106 valence electrons. The molecule has 0 aliphatic carbocycles. The first-order valence-electron chi connectivity index (χ1n) is 6.43. The molecule has 21 heavy (non-hydrogen) atoms. The van der Waals surface area contributed by atoms with Gasteiger partial charge in [0.1, 0.15) is 5.75 Å². The first-order valence-corrected chi connectivity index (χ1v) is 6.84. The Labute approximate surface area is 127 Å². The van der Waals surface area contributed by atoms with Crippen LogP contribution < -0.4 is 4.74 Å². The molecular formula is C15H14N4OS. The average Bonchev–Trinajstić information content (AvgIpc) is 2.89. The lowest BCUT2D eigenvalue weighted by molar-refractivity contribution is 0.414. The molecule has 0 fully saturated rings. The molecule has 2 heterocycles. The van der Waals surface area contributed by atoms with Crippen LogP contribution >= 0.6 is 12.2 Å². The summed E-state index contributed by atoms with van der Waals surface area (Å²) in [6, 6.07) is 9.67. The van der Waals surface area contributed by atoms with Crippen molar-refractivity contribution in [3.8, 4) is 22.8 Å². The maximum Gasteiger partial charge on any atom is 0.200 e. The molecule has 0 aliphatic heterocycles. The number of aryl methyl sites for hydroxylation is 1. The van der Waals surface area contributed by atoms with Crippen LogP contribution in [0.4, 0.5) is 0 Å². The Morgan fingerprint density at radius 3 is 2.62 bits per heavy atom. The second-order valence-corrected chi connectivity index (χ2v) is 4.96. The number of aromatic nitrogens is 4. The van der Waals surface area contributed by atoms with Crippen molar-refractivity contribution >= 4 is 12.2 Å². The Morgan fingerprint density at radius 2 is 1.95 bits per heavy atom. The summed E-state index contributed by atoms with van der Waals surface area (Å²) in [6.07, 6.45) is 3.47. The van der Waals surface area contributed by atoms with Crippen molar-refractivity contribution < 1.29 is 4.74 Å². The van der Waals surface area contributed by atoms with Gasteiger partial charge in [0.2, 0.25) is 0 Å². The van der Waals surface area contributed by atoms with Crippen LogP contribution in [0, 0.1) is 11.7 Å². The molecule has 0 aliphatic rings. The van der Waals surface area contributed by atoms with Gasteiger partial charge in [-0.15, -0.1) is 0 Å². The third kappa shape index (κ3) is 2.45. The Balaban J connectivity index is 2.20. The van der Waals surface area contributed by atoms with E-state index < -0.39 is 0 Å². The molecule has 3 aromatic rings. The highest BCUT2D eigenvalue weighted by molar-refractivity contribution is 7.71. The van der Waals surface area contributed by atoms with Crippen LogP contribution in [0.3, 0.4) is 0 Å². The topological polar surface area (TPSA) is 55.7 Å². The number of methoxy groups -OCH3 is 1. The number of benzene rings is 1. The van der Waals surface area contributed by atoms with Gasteiger partial charge in [0, 0.05) is 18.0 Å². The minimum Gasteiger partial charge on any atom is -0.497 e. The molecule has 0 saturated carbocycles. The molecule has 6 heteroatoms. The van der Waals surface area contributed by atoms with Gasteiger partial charge >= 0.3 is 0 Å². The first kappa shape index (κ1) is 13.5. The summed E-state index contributed by atoms with van der Waals surface area (Å²) in [5, 5.41) is 7.19. The third-order valence-electron chi connectivity index (χ3n) is 3.26. The molecule has 2 aromatic heterocycles. The van der Waals surface area contributed by atoms with Crippen molar-refractivity contribution in [2.45, 2.75) is 6.92 Å². The predicted octanol–water partition coefficient (Wildman–Crippen LogP) is 3.31. The van der Waals surface area contributed by atoms with Crippen molar-refractivity contribution in [2.24, 2.45) is 0 Å². The number of pyridine rings is 1. The van der Waals surface area contributed by atoms with Gasteiger partial charge < -0.3 is 4.74 Å². The molecule has 0 amide bonds. The van der Waals surface area contributed by atoms with E-state index in [1.807, 2.05) is 41.8 Å². The van der Waals surface area contributed by atoms with E-state index in [0.717, 1.165) is 28.4 Å². The standard InChI is InChI=1S/C15H14N4OS/c1-10-9-12(20-2)3-4-13(10)19-14(17-18-15(19)21)11-5-7-16-8-6-11/h3-9H,1-2H3,(H,18,21). The molecule has 5 nitrogen and oxygen atoms in total. The Bertz CT molecular complexity index is 823. The number of hydrogen-bond acceptors (Lipinski definition) is 4. The summed E-state index contributed by atoms with van der Waals surface area (Å²) in [5.41, 5.74) is 2.98. The largest absolute Gasteiger partial charge is 0.497 e. The van der Waals surface area contributed by atoms with Crippen LogP contribution in [0.5, 0.6) is 5.75 Å². The van der Waals surface area contributed by atoms with Gasteiger partial charge in [-0.2, -0.15) is 5.10 Å². The molecule has 1 aromatic carbocycles. The van der Waals surface area contributed by atoms with Crippen molar-refractivity contribution in [3.05, 3.63) is 53.1 Å². The number of H-pyrrole nitrogens is 1. The first-order chi connectivity index (χ1) is 10.2. The van der Waals surface area contributed by atoms with Crippen molar-refractivity contribution in [2.75, 3.05) is 7.11 Å². The lowest BCUT2D eigenvalue weighted by atomic mass is 10.1. The molecule has 1 N–H and O–H groups in total. The number of hydrogen-bond donors (Lipinski definition) is 1. The molecule has 0 saturated heterocycles. The predicted molar refractivity (Wildman–Crippen MR) is 83.3 cm³/mol. The third-order valence-corrected chi connectivity index (χ3v) is 3.53. The average molecular weight is 298 g/mol. The molecule has 0 bridgehead atoms. The second-order valence-electron chi connectivity index (χ2n) is 4.58. The van der Waals surface area contributed by atoms with E-state index in [4.69, 9.17) is 17.0 Å². The molecule has 0 spiro atoms. The Kier molecular flexibility index (Phi) is 3.53. The van der Waals surface area contributed by atoms with Crippen LogP contribution in [0.1, 0.15) is 5.56 Å². The van der Waals surface area contributed by atoms with Gasteiger partial charge in [-0.3, -0.25) is 14.6 Å². The Morgan fingerprint density at radius 1 is 1.19 bits per heavy atom. The minimum absolute atomic E-state index is 0.551. The summed E-state index contributed by atoms with van der Waals surface area (Å²) < 4.78 is 7.71. The zero-order chi connectivity index (χ0) is 14.8. The maximum atomic E-state index is 5.37. The summed E-state index contributed by atoms with van der Waals surface area (Å²) in [7, 11) is 1.65. The summed E-state index contributed by atoms with van der Waals surface area (Å²) in [6.45, 7) is 2.02. The van der Waals surface area contributed by atoms with E-state index in [0.29, 0.717) is 4.77 Å². The van der Waals surface area contributed by atoms with Crippen molar-refractivity contribution in [1.82, 2.24) is 19.7 Å². The highest BCUT2D eigenvalue weighted by atomic mass is 32.1. The highest BCUT2D eigenvalue weighted by Crippen LogP contribution is 2.25. The lowest BCUT2D eigenvalue weighted by Gasteiger charge is -2.11. The van der Waals surface area contributed by atoms with Gasteiger partial charge in [-0.1, -0.05) is 0 Å². The molecule has 0 atom stereocenters. The fourth-order valence-electron chi connectivity index (χ4n) is 2.22. The maximum absolute atomic E-state index is 5.37. The smallest absolute Gasteiger partial charge is 0.200 e.